The maximum Gasteiger partial charge on any atom is 0.433 e. The summed E-state index contributed by atoms with van der Waals surface area (Å²) in [6.07, 6.45) is -3.55. The molecule has 0 fully saturated rings. The van der Waals surface area contributed by atoms with Crippen LogP contribution in [0.5, 0.6) is 0 Å². The fraction of sp³-hybridized carbons (Fsp3) is 0.111. The minimum absolute atomic E-state index is 0.196. The number of alkyl halides is 3. The number of primary amides is 1. The van der Waals surface area contributed by atoms with Gasteiger partial charge in [-0.15, -0.1) is 0 Å². The van der Waals surface area contributed by atoms with Crippen molar-refractivity contribution in [2.24, 2.45) is 5.73 Å². The molecule has 0 bridgehead atoms. The predicted octanol–water partition coefficient (Wildman–Crippen LogP) is 0.937. The van der Waals surface area contributed by atoms with Gasteiger partial charge in [0.25, 0.3) is 5.91 Å². The molecule has 2 N–H and O–H groups in total. The maximum atomic E-state index is 12.1. The van der Waals surface area contributed by atoms with E-state index < -0.39 is 17.8 Å². The summed E-state index contributed by atoms with van der Waals surface area (Å²) >= 11 is 0. The second-order valence-electron chi connectivity index (χ2n) is 2.54. The van der Waals surface area contributed by atoms with Gasteiger partial charge in [0.15, 0.2) is 0 Å². The summed E-state index contributed by atoms with van der Waals surface area (Å²) in [5, 5.41) is 0. The average molecular weight is 214 g/mol. The zero-order chi connectivity index (χ0) is 11.5. The van der Waals surface area contributed by atoms with E-state index in [0.717, 1.165) is 18.3 Å². The first-order valence-electron chi connectivity index (χ1n) is 3.74. The first kappa shape index (κ1) is 11.0. The molecule has 0 aliphatic rings. The second kappa shape index (κ2) is 4.00. The van der Waals surface area contributed by atoms with Crippen molar-refractivity contribution in [3.05, 3.63) is 29.6 Å². The highest BCUT2D eigenvalue weighted by molar-refractivity contribution is 5.92. The fourth-order valence-electron chi connectivity index (χ4n) is 0.769. The van der Waals surface area contributed by atoms with Crippen LogP contribution < -0.4 is 5.73 Å². The number of hydrogen-bond acceptors (Lipinski definition) is 2. The molecular weight excluding hydrogens is 209 g/mol. The lowest BCUT2D eigenvalue weighted by atomic mass is 10.2. The van der Waals surface area contributed by atoms with Crippen LogP contribution in [0.3, 0.4) is 0 Å². The van der Waals surface area contributed by atoms with Crippen LogP contribution in [0, 0.1) is 11.8 Å². The summed E-state index contributed by atoms with van der Waals surface area (Å²) in [4.78, 5) is 13.4. The number of rotatable bonds is 0. The first-order chi connectivity index (χ1) is 6.89. The van der Waals surface area contributed by atoms with Crippen LogP contribution in [0.25, 0.3) is 0 Å². The van der Waals surface area contributed by atoms with Crippen LogP contribution in [0.1, 0.15) is 11.3 Å². The van der Waals surface area contributed by atoms with Gasteiger partial charge >= 0.3 is 6.18 Å². The molecule has 0 saturated carbocycles. The molecule has 0 saturated heterocycles. The molecule has 1 amide bonds. The summed E-state index contributed by atoms with van der Waals surface area (Å²) in [5.41, 5.74) is 3.92. The molecule has 0 aliphatic heterocycles. The summed E-state index contributed by atoms with van der Waals surface area (Å²) < 4.78 is 36.2. The molecule has 1 rings (SSSR count). The third-order valence-corrected chi connectivity index (χ3v) is 1.38. The summed E-state index contributed by atoms with van der Waals surface area (Å²) in [7, 11) is 0. The van der Waals surface area contributed by atoms with Crippen molar-refractivity contribution >= 4 is 5.91 Å². The molecule has 0 atom stereocenters. The highest BCUT2D eigenvalue weighted by Crippen LogP contribution is 2.26. The number of pyridine rings is 1. The predicted molar refractivity (Wildman–Crippen MR) is 45.3 cm³/mol. The number of halogens is 3. The van der Waals surface area contributed by atoms with Gasteiger partial charge in [-0.3, -0.25) is 9.78 Å². The van der Waals surface area contributed by atoms with Crippen molar-refractivity contribution in [1.29, 1.82) is 0 Å². The Kier molecular flexibility index (Phi) is 2.95. The standard InChI is InChI=1S/C9H5F3N2O/c10-9(11,12)7-3-1-6(5-14-7)2-4-8(13)15/h1,3,5H,(H2,13,15). The van der Waals surface area contributed by atoms with Crippen LogP contribution in [-0.4, -0.2) is 10.9 Å². The van der Waals surface area contributed by atoms with E-state index in [2.05, 4.69) is 10.9 Å². The average Bonchev–Trinajstić information content (AvgIpc) is 2.14. The zero-order valence-corrected chi connectivity index (χ0v) is 7.30. The van der Waals surface area contributed by atoms with E-state index >= 15 is 0 Å². The van der Waals surface area contributed by atoms with Gasteiger partial charge in [-0.2, -0.15) is 13.2 Å². The topological polar surface area (TPSA) is 56.0 Å². The number of aromatic nitrogens is 1. The lowest BCUT2D eigenvalue weighted by Gasteiger charge is -2.03. The van der Waals surface area contributed by atoms with E-state index in [9.17, 15) is 18.0 Å². The number of nitrogens with two attached hydrogens (primary N) is 1. The molecule has 6 heteroatoms. The van der Waals surface area contributed by atoms with Crippen molar-refractivity contribution in [3.63, 3.8) is 0 Å². The van der Waals surface area contributed by atoms with Gasteiger partial charge in [-0.25, -0.2) is 0 Å². The van der Waals surface area contributed by atoms with E-state index in [-0.39, 0.29) is 5.56 Å². The molecule has 0 aliphatic carbocycles. The molecule has 15 heavy (non-hydrogen) atoms. The van der Waals surface area contributed by atoms with Crippen LogP contribution >= 0.6 is 0 Å². The minimum Gasteiger partial charge on any atom is -0.359 e. The summed E-state index contributed by atoms with van der Waals surface area (Å²) in [6, 6.07) is 1.90. The van der Waals surface area contributed by atoms with Gasteiger partial charge in [-0.1, -0.05) is 5.92 Å². The quantitative estimate of drug-likeness (QED) is 0.653. The third kappa shape index (κ3) is 3.31. The Hall–Kier alpha value is -2.03. The van der Waals surface area contributed by atoms with E-state index in [0.29, 0.717) is 0 Å². The van der Waals surface area contributed by atoms with E-state index in [4.69, 9.17) is 5.73 Å². The number of carbonyl (C=O) groups is 1. The van der Waals surface area contributed by atoms with E-state index in [1.165, 1.54) is 0 Å². The molecule has 0 unspecified atom stereocenters. The lowest BCUT2D eigenvalue weighted by molar-refractivity contribution is -0.141. The Morgan fingerprint density at radius 3 is 2.47 bits per heavy atom. The van der Waals surface area contributed by atoms with Gasteiger partial charge in [-0.05, 0) is 12.1 Å². The van der Waals surface area contributed by atoms with Gasteiger partial charge < -0.3 is 5.73 Å². The zero-order valence-electron chi connectivity index (χ0n) is 7.30. The SMILES string of the molecule is NC(=O)C#Cc1ccc(C(F)(F)F)nc1. The summed E-state index contributed by atoms with van der Waals surface area (Å²) in [6.45, 7) is 0. The van der Waals surface area contributed by atoms with Crippen LogP contribution in [0.2, 0.25) is 0 Å². The highest BCUT2D eigenvalue weighted by atomic mass is 19.4. The maximum absolute atomic E-state index is 12.1. The van der Waals surface area contributed by atoms with Crippen molar-refractivity contribution in [3.8, 4) is 11.8 Å². The normalized spacial score (nSPS) is 10.3. The molecule has 3 nitrogen and oxygen atoms in total. The Morgan fingerprint density at radius 2 is 2.07 bits per heavy atom. The Bertz CT molecular complexity index is 425. The van der Waals surface area contributed by atoms with Crippen molar-refractivity contribution < 1.29 is 18.0 Å². The highest BCUT2D eigenvalue weighted by Gasteiger charge is 2.31. The largest absolute Gasteiger partial charge is 0.433 e. The molecule has 0 spiro atoms. The number of hydrogen-bond donors (Lipinski definition) is 1. The van der Waals surface area contributed by atoms with Crippen LogP contribution in [0.15, 0.2) is 18.3 Å². The number of amides is 1. The molecule has 1 heterocycles. The fourth-order valence-corrected chi connectivity index (χ4v) is 0.769. The van der Waals surface area contributed by atoms with Crippen molar-refractivity contribution in [2.75, 3.05) is 0 Å². The van der Waals surface area contributed by atoms with Crippen molar-refractivity contribution in [1.82, 2.24) is 4.98 Å². The number of carbonyl (C=O) groups excluding carboxylic acids is 1. The Balaban J connectivity index is 2.93. The van der Waals surface area contributed by atoms with Gasteiger partial charge in [0.05, 0.1) is 0 Å². The summed E-state index contributed by atoms with van der Waals surface area (Å²) in [5.74, 6) is 3.40. The van der Waals surface area contributed by atoms with Gasteiger partial charge in [0.1, 0.15) is 5.69 Å². The van der Waals surface area contributed by atoms with Crippen LogP contribution in [-0.2, 0) is 11.0 Å². The van der Waals surface area contributed by atoms with Crippen LogP contribution in [0.4, 0.5) is 13.2 Å². The van der Waals surface area contributed by atoms with E-state index in [1.54, 1.807) is 0 Å². The Morgan fingerprint density at radius 1 is 1.40 bits per heavy atom. The van der Waals surface area contributed by atoms with Gasteiger partial charge in [0, 0.05) is 17.7 Å². The smallest absolute Gasteiger partial charge is 0.359 e. The lowest BCUT2D eigenvalue weighted by Crippen LogP contribution is -2.08. The Labute approximate surface area is 83.1 Å². The first-order valence-corrected chi connectivity index (χ1v) is 3.74. The molecule has 78 valence electrons. The van der Waals surface area contributed by atoms with E-state index in [1.807, 2.05) is 5.92 Å². The number of nitrogens with zero attached hydrogens (tertiary/aromatic N) is 1. The third-order valence-electron chi connectivity index (χ3n) is 1.38. The molecule has 1 aromatic heterocycles. The second-order valence-corrected chi connectivity index (χ2v) is 2.54. The molecule has 0 radical (unpaired) electrons. The molecule has 0 aromatic carbocycles. The molecular formula is C9H5F3N2O. The molecule has 1 aromatic rings. The minimum atomic E-state index is -4.48. The monoisotopic (exact) mass is 214 g/mol. The van der Waals surface area contributed by atoms with Gasteiger partial charge in [0.2, 0.25) is 0 Å². The van der Waals surface area contributed by atoms with Crippen molar-refractivity contribution in [2.45, 2.75) is 6.18 Å².